The maximum atomic E-state index is 11.7. The van der Waals surface area contributed by atoms with Crippen LogP contribution in [0.15, 0.2) is 24.5 Å². The number of nitrogens with one attached hydrogen (secondary N) is 1. The zero-order chi connectivity index (χ0) is 11.5. The van der Waals surface area contributed by atoms with E-state index in [0.29, 0.717) is 0 Å². The van der Waals surface area contributed by atoms with Crippen LogP contribution in [0.4, 0.5) is 5.69 Å². The van der Waals surface area contributed by atoms with Crippen molar-refractivity contribution in [3.8, 4) is 0 Å². The molecule has 3 N–H and O–H groups in total. The van der Waals surface area contributed by atoms with Crippen molar-refractivity contribution in [1.82, 2.24) is 4.98 Å². The molecule has 0 aliphatic heterocycles. The average molecular weight is 207 g/mol. The second-order valence-corrected chi connectivity index (χ2v) is 4.57. The third kappa shape index (κ3) is 3.32. The lowest BCUT2D eigenvalue weighted by Gasteiger charge is -2.25. The van der Waals surface area contributed by atoms with Crippen LogP contribution in [-0.2, 0) is 4.79 Å². The van der Waals surface area contributed by atoms with Gasteiger partial charge in [-0.05, 0) is 17.5 Å². The predicted octanol–water partition coefficient (Wildman–Crippen LogP) is 1.39. The average Bonchev–Trinajstić information content (AvgIpc) is 2.16. The summed E-state index contributed by atoms with van der Waals surface area (Å²) in [5, 5.41) is 2.74. The van der Waals surface area contributed by atoms with Crippen molar-refractivity contribution >= 4 is 11.6 Å². The van der Waals surface area contributed by atoms with Gasteiger partial charge in [0.15, 0.2) is 0 Å². The third-order valence-corrected chi connectivity index (χ3v) is 2.16. The Labute approximate surface area is 89.9 Å². The number of pyridine rings is 1. The molecule has 4 heteroatoms. The first kappa shape index (κ1) is 11.7. The number of carbonyl (C=O) groups is 1. The van der Waals surface area contributed by atoms with E-state index in [0.717, 1.165) is 5.69 Å². The number of amides is 1. The zero-order valence-electron chi connectivity index (χ0n) is 9.32. The number of nitrogens with zero attached hydrogens (tertiary/aromatic N) is 1. The summed E-state index contributed by atoms with van der Waals surface area (Å²) in [5.41, 5.74) is 6.29. The van der Waals surface area contributed by atoms with Crippen molar-refractivity contribution < 1.29 is 4.79 Å². The van der Waals surface area contributed by atoms with Crippen LogP contribution in [0.5, 0.6) is 0 Å². The van der Waals surface area contributed by atoms with Gasteiger partial charge in [-0.1, -0.05) is 20.8 Å². The Kier molecular flexibility index (Phi) is 3.42. The van der Waals surface area contributed by atoms with E-state index in [4.69, 9.17) is 5.73 Å². The molecular weight excluding hydrogens is 190 g/mol. The number of rotatable bonds is 2. The van der Waals surface area contributed by atoms with Crippen LogP contribution in [0.2, 0.25) is 0 Å². The molecular formula is C11H17N3O. The summed E-state index contributed by atoms with van der Waals surface area (Å²) in [4.78, 5) is 15.6. The minimum atomic E-state index is -0.523. The van der Waals surface area contributed by atoms with Crippen LogP contribution in [0.25, 0.3) is 0 Å². The molecule has 0 radical (unpaired) electrons. The zero-order valence-corrected chi connectivity index (χ0v) is 9.32. The molecule has 0 fully saturated rings. The van der Waals surface area contributed by atoms with Crippen molar-refractivity contribution in [2.45, 2.75) is 26.8 Å². The molecule has 0 spiro atoms. The first-order valence-electron chi connectivity index (χ1n) is 4.88. The summed E-state index contributed by atoms with van der Waals surface area (Å²) in [7, 11) is 0. The van der Waals surface area contributed by atoms with E-state index in [-0.39, 0.29) is 11.3 Å². The SMILES string of the molecule is CC(C)(C)C(N)C(=O)Nc1ccncc1. The Bertz CT molecular complexity index is 329. The van der Waals surface area contributed by atoms with Gasteiger partial charge in [-0.3, -0.25) is 9.78 Å². The molecule has 1 aromatic heterocycles. The molecule has 4 nitrogen and oxygen atoms in total. The van der Waals surface area contributed by atoms with E-state index < -0.39 is 6.04 Å². The van der Waals surface area contributed by atoms with Crippen LogP contribution in [0.1, 0.15) is 20.8 Å². The fourth-order valence-electron chi connectivity index (χ4n) is 1.05. The second kappa shape index (κ2) is 4.40. The van der Waals surface area contributed by atoms with Crippen molar-refractivity contribution in [2.75, 3.05) is 5.32 Å². The van der Waals surface area contributed by atoms with Crippen LogP contribution in [0, 0.1) is 5.41 Å². The molecule has 0 aliphatic carbocycles. The summed E-state index contributed by atoms with van der Waals surface area (Å²) in [6.07, 6.45) is 3.25. The first-order chi connectivity index (χ1) is 6.91. The van der Waals surface area contributed by atoms with Crippen molar-refractivity contribution in [3.63, 3.8) is 0 Å². The van der Waals surface area contributed by atoms with Gasteiger partial charge < -0.3 is 11.1 Å². The number of hydrogen-bond donors (Lipinski definition) is 2. The van der Waals surface area contributed by atoms with Crippen LogP contribution < -0.4 is 11.1 Å². The largest absolute Gasteiger partial charge is 0.325 e. The van der Waals surface area contributed by atoms with Gasteiger partial charge in [-0.25, -0.2) is 0 Å². The van der Waals surface area contributed by atoms with Gasteiger partial charge in [-0.15, -0.1) is 0 Å². The van der Waals surface area contributed by atoms with Gasteiger partial charge >= 0.3 is 0 Å². The van der Waals surface area contributed by atoms with Crippen molar-refractivity contribution in [2.24, 2.45) is 11.1 Å². The number of nitrogens with two attached hydrogens (primary N) is 1. The van der Waals surface area contributed by atoms with Gasteiger partial charge in [0.1, 0.15) is 0 Å². The molecule has 1 unspecified atom stereocenters. The first-order valence-corrected chi connectivity index (χ1v) is 4.88. The Morgan fingerprint density at radius 1 is 1.40 bits per heavy atom. The van der Waals surface area contributed by atoms with E-state index in [1.165, 1.54) is 0 Å². The van der Waals surface area contributed by atoms with Crippen molar-refractivity contribution in [3.05, 3.63) is 24.5 Å². The normalized spacial score (nSPS) is 13.3. The van der Waals surface area contributed by atoms with Gasteiger partial charge in [-0.2, -0.15) is 0 Å². The molecule has 0 saturated heterocycles. The maximum absolute atomic E-state index is 11.7. The van der Waals surface area contributed by atoms with E-state index in [9.17, 15) is 4.79 Å². The fourth-order valence-corrected chi connectivity index (χ4v) is 1.05. The topological polar surface area (TPSA) is 68.0 Å². The fraction of sp³-hybridized carbons (Fsp3) is 0.455. The van der Waals surface area contributed by atoms with E-state index >= 15 is 0 Å². The molecule has 1 amide bonds. The molecule has 1 aromatic rings. The van der Waals surface area contributed by atoms with Gasteiger partial charge in [0.25, 0.3) is 0 Å². The van der Waals surface area contributed by atoms with E-state index in [1.54, 1.807) is 24.5 Å². The van der Waals surface area contributed by atoms with Crippen molar-refractivity contribution in [1.29, 1.82) is 0 Å². The molecule has 0 aliphatic rings. The highest BCUT2D eigenvalue weighted by Gasteiger charge is 2.27. The van der Waals surface area contributed by atoms with Gasteiger partial charge in [0, 0.05) is 18.1 Å². The lowest BCUT2D eigenvalue weighted by atomic mass is 9.87. The van der Waals surface area contributed by atoms with Gasteiger partial charge in [0.05, 0.1) is 6.04 Å². The number of carbonyl (C=O) groups excluding carboxylic acids is 1. The molecule has 82 valence electrons. The minimum absolute atomic E-state index is 0.172. The summed E-state index contributed by atoms with van der Waals surface area (Å²) in [6, 6.07) is 2.94. The number of aromatic nitrogens is 1. The molecule has 1 rings (SSSR count). The summed E-state index contributed by atoms with van der Waals surface area (Å²) < 4.78 is 0. The quantitative estimate of drug-likeness (QED) is 0.770. The lowest BCUT2D eigenvalue weighted by molar-refractivity contribution is -0.119. The molecule has 1 atom stereocenters. The molecule has 0 saturated carbocycles. The standard InChI is InChI=1S/C11H17N3O/c1-11(2,3)9(12)10(15)14-8-4-6-13-7-5-8/h4-7,9H,12H2,1-3H3,(H,13,14,15). The molecule has 0 bridgehead atoms. The summed E-state index contributed by atoms with van der Waals surface area (Å²) in [6.45, 7) is 5.80. The third-order valence-electron chi connectivity index (χ3n) is 2.16. The number of anilines is 1. The Morgan fingerprint density at radius 2 is 1.93 bits per heavy atom. The monoisotopic (exact) mass is 207 g/mol. The Morgan fingerprint density at radius 3 is 2.40 bits per heavy atom. The molecule has 15 heavy (non-hydrogen) atoms. The number of hydrogen-bond acceptors (Lipinski definition) is 3. The van der Waals surface area contributed by atoms with Crippen LogP contribution in [0.3, 0.4) is 0 Å². The Balaban J connectivity index is 2.65. The molecule has 1 heterocycles. The molecule has 0 aromatic carbocycles. The predicted molar refractivity (Wildman–Crippen MR) is 60.3 cm³/mol. The smallest absolute Gasteiger partial charge is 0.241 e. The van der Waals surface area contributed by atoms with Crippen LogP contribution in [-0.4, -0.2) is 16.9 Å². The summed E-state index contributed by atoms with van der Waals surface area (Å²) in [5.74, 6) is -0.172. The lowest BCUT2D eigenvalue weighted by Crippen LogP contribution is -2.45. The summed E-state index contributed by atoms with van der Waals surface area (Å²) >= 11 is 0. The highest BCUT2D eigenvalue weighted by molar-refractivity contribution is 5.95. The van der Waals surface area contributed by atoms with E-state index in [2.05, 4.69) is 10.3 Å². The second-order valence-electron chi connectivity index (χ2n) is 4.57. The maximum Gasteiger partial charge on any atom is 0.241 e. The van der Waals surface area contributed by atoms with Crippen LogP contribution >= 0.6 is 0 Å². The minimum Gasteiger partial charge on any atom is -0.325 e. The Hall–Kier alpha value is -1.42. The van der Waals surface area contributed by atoms with Gasteiger partial charge in [0.2, 0.25) is 5.91 Å². The highest BCUT2D eigenvalue weighted by Crippen LogP contribution is 2.18. The van der Waals surface area contributed by atoms with E-state index in [1.807, 2.05) is 20.8 Å². The highest BCUT2D eigenvalue weighted by atomic mass is 16.2.